The van der Waals surface area contributed by atoms with E-state index in [9.17, 15) is 9.59 Å². The van der Waals surface area contributed by atoms with Gasteiger partial charge in [-0.2, -0.15) is 0 Å². The number of aryl methyl sites for hydroxylation is 1. The zero-order valence-electron chi connectivity index (χ0n) is 12.8. The Morgan fingerprint density at radius 2 is 2.26 bits per heavy atom. The summed E-state index contributed by atoms with van der Waals surface area (Å²) in [6.07, 6.45) is 1.71. The number of halogens is 1. The van der Waals surface area contributed by atoms with E-state index < -0.39 is 0 Å². The molecule has 2 amide bonds. The van der Waals surface area contributed by atoms with Crippen molar-refractivity contribution in [2.45, 2.75) is 25.8 Å². The van der Waals surface area contributed by atoms with Gasteiger partial charge in [0, 0.05) is 28.5 Å². The molecule has 6 heteroatoms. The van der Waals surface area contributed by atoms with E-state index in [1.165, 1.54) is 0 Å². The van der Waals surface area contributed by atoms with E-state index in [4.69, 9.17) is 4.42 Å². The van der Waals surface area contributed by atoms with Gasteiger partial charge >= 0.3 is 0 Å². The Bertz CT molecular complexity index is 814. The maximum absolute atomic E-state index is 13.0. The molecule has 0 radical (unpaired) electrons. The molecule has 2 fully saturated rings. The summed E-state index contributed by atoms with van der Waals surface area (Å²) in [6.45, 7) is 3.13. The van der Waals surface area contributed by atoms with Crippen LogP contribution >= 0.6 is 15.9 Å². The Labute approximate surface area is 142 Å². The van der Waals surface area contributed by atoms with Crippen molar-refractivity contribution in [3.8, 4) is 0 Å². The number of fused-ring (bicyclic) bond motifs is 2. The maximum Gasteiger partial charge on any atom is 0.290 e. The number of carbonyl (C=O) groups excluding carboxylic acids is 2. The molecule has 0 unspecified atom stereocenters. The van der Waals surface area contributed by atoms with Crippen LogP contribution in [0.4, 0.5) is 0 Å². The first-order valence-corrected chi connectivity index (χ1v) is 8.63. The molecule has 1 aromatic heterocycles. The van der Waals surface area contributed by atoms with Crippen molar-refractivity contribution in [1.29, 1.82) is 0 Å². The fourth-order valence-electron chi connectivity index (χ4n) is 3.73. The Hall–Kier alpha value is -1.82. The summed E-state index contributed by atoms with van der Waals surface area (Å²) in [6, 6.07) is 5.67. The summed E-state index contributed by atoms with van der Waals surface area (Å²) in [4.78, 5) is 26.7. The standard InChI is InChI=1S/C17H17BrN2O3/c1-9-12-7-10(18)4-5-14(12)23-15(9)17(22)20-6-2-3-11-13(20)8-19-16(11)21/h4-5,7,11,13H,2-3,6,8H2,1H3,(H,19,21)/t11-,13-/m1/s1. The molecular weight excluding hydrogens is 360 g/mol. The lowest BCUT2D eigenvalue weighted by molar-refractivity contribution is -0.123. The predicted molar refractivity (Wildman–Crippen MR) is 89.2 cm³/mol. The van der Waals surface area contributed by atoms with Gasteiger partial charge in [0.05, 0.1) is 12.0 Å². The molecule has 0 spiro atoms. The average Bonchev–Trinajstić information content (AvgIpc) is 3.08. The van der Waals surface area contributed by atoms with Crippen LogP contribution < -0.4 is 5.32 Å². The van der Waals surface area contributed by atoms with Crippen LogP contribution in [0.25, 0.3) is 11.0 Å². The number of rotatable bonds is 1. The number of furan rings is 1. The number of likely N-dealkylation sites (tertiary alicyclic amines) is 1. The minimum absolute atomic E-state index is 0.0527. The molecule has 0 saturated carbocycles. The van der Waals surface area contributed by atoms with E-state index in [1.807, 2.05) is 30.0 Å². The van der Waals surface area contributed by atoms with Crippen molar-refractivity contribution in [2.75, 3.05) is 13.1 Å². The molecule has 2 atom stereocenters. The molecule has 3 heterocycles. The van der Waals surface area contributed by atoms with Crippen molar-refractivity contribution in [3.05, 3.63) is 34.0 Å². The lowest BCUT2D eigenvalue weighted by atomic mass is 9.91. The molecular formula is C17H17BrN2O3. The summed E-state index contributed by atoms with van der Waals surface area (Å²) in [5, 5.41) is 3.82. The molecule has 2 aliphatic rings. The molecule has 23 heavy (non-hydrogen) atoms. The van der Waals surface area contributed by atoms with Gasteiger partial charge in [0.1, 0.15) is 5.58 Å². The van der Waals surface area contributed by atoms with E-state index in [1.54, 1.807) is 0 Å². The van der Waals surface area contributed by atoms with Crippen molar-refractivity contribution < 1.29 is 14.0 Å². The number of nitrogens with zero attached hydrogens (tertiary/aromatic N) is 1. The van der Waals surface area contributed by atoms with Gasteiger partial charge in [0.2, 0.25) is 5.91 Å². The second kappa shape index (κ2) is 5.37. The first-order valence-electron chi connectivity index (χ1n) is 7.83. The van der Waals surface area contributed by atoms with Gasteiger partial charge in [-0.1, -0.05) is 15.9 Å². The summed E-state index contributed by atoms with van der Waals surface area (Å²) >= 11 is 3.45. The van der Waals surface area contributed by atoms with Gasteiger partial charge in [-0.3, -0.25) is 9.59 Å². The lowest BCUT2D eigenvalue weighted by Crippen LogP contribution is -2.48. The number of nitrogens with one attached hydrogen (secondary N) is 1. The second-order valence-electron chi connectivity index (χ2n) is 6.26. The second-order valence-corrected chi connectivity index (χ2v) is 7.17. The van der Waals surface area contributed by atoms with Crippen LogP contribution in [-0.2, 0) is 4.79 Å². The zero-order valence-corrected chi connectivity index (χ0v) is 14.4. The third kappa shape index (κ3) is 2.27. The van der Waals surface area contributed by atoms with E-state index in [-0.39, 0.29) is 23.8 Å². The molecule has 5 nitrogen and oxygen atoms in total. The van der Waals surface area contributed by atoms with Crippen LogP contribution in [0, 0.1) is 12.8 Å². The van der Waals surface area contributed by atoms with Crippen molar-refractivity contribution >= 4 is 38.7 Å². The molecule has 2 saturated heterocycles. The number of hydrogen-bond donors (Lipinski definition) is 1. The molecule has 120 valence electrons. The third-order valence-electron chi connectivity index (χ3n) is 4.95. The van der Waals surface area contributed by atoms with Crippen molar-refractivity contribution in [2.24, 2.45) is 5.92 Å². The van der Waals surface area contributed by atoms with Crippen molar-refractivity contribution in [1.82, 2.24) is 10.2 Å². The van der Waals surface area contributed by atoms with Gasteiger partial charge in [0.25, 0.3) is 5.91 Å². The van der Waals surface area contributed by atoms with Gasteiger partial charge < -0.3 is 14.6 Å². The smallest absolute Gasteiger partial charge is 0.290 e. The van der Waals surface area contributed by atoms with Crippen LogP contribution in [0.3, 0.4) is 0 Å². The minimum Gasteiger partial charge on any atom is -0.451 e. The largest absolute Gasteiger partial charge is 0.451 e. The Kier molecular flexibility index (Phi) is 3.44. The highest BCUT2D eigenvalue weighted by Gasteiger charge is 2.43. The first-order chi connectivity index (χ1) is 11.1. The fourth-order valence-corrected chi connectivity index (χ4v) is 4.09. The van der Waals surface area contributed by atoms with Crippen molar-refractivity contribution in [3.63, 3.8) is 0 Å². The van der Waals surface area contributed by atoms with E-state index in [0.29, 0.717) is 24.4 Å². The SMILES string of the molecule is Cc1c(C(=O)N2CCC[C@H]3C(=O)NC[C@H]32)oc2ccc(Br)cc12. The van der Waals surface area contributed by atoms with Gasteiger partial charge in [0.15, 0.2) is 5.76 Å². The highest BCUT2D eigenvalue weighted by atomic mass is 79.9. The highest BCUT2D eigenvalue weighted by molar-refractivity contribution is 9.10. The van der Waals surface area contributed by atoms with E-state index >= 15 is 0 Å². The maximum atomic E-state index is 13.0. The summed E-state index contributed by atoms with van der Waals surface area (Å²) in [5.74, 6) is 0.267. The Morgan fingerprint density at radius 3 is 3.09 bits per heavy atom. The van der Waals surface area contributed by atoms with Gasteiger partial charge in [-0.15, -0.1) is 0 Å². The number of piperidine rings is 1. The summed E-state index contributed by atoms with van der Waals surface area (Å²) < 4.78 is 6.78. The number of amides is 2. The molecule has 1 N–H and O–H groups in total. The van der Waals surface area contributed by atoms with Gasteiger partial charge in [-0.25, -0.2) is 0 Å². The van der Waals surface area contributed by atoms with Crippen LogP contribution in [0.15, 0.2) is 27.1 Å². The minimum atomic E-state index is -0.110. The molecule has 2 aromatic rings. The summed E-state index contributed by atoms with van der Waals surface area (Å²) in [5.41, 5.74) is 1.56. The monoisotopic (exact) mass is 376 g/mol. The van der Waals surface area contributed by atoms with Gasteiger partial charge in [-0.05, 0) is 38.0 Å². The molecule has 2 aliphatic heterocycles. The normalized spacial score (nSPS) is 23.9. The Morgan fingerprint density at radius 1 is 1.43 bits per heavy atom. The van der Waals surface area contributed by atoms with Crippen LogP contribution in [0.2, 0.25) is 0 Å². The van der Waals surface area contributed by atoms with E-state index in [2.05, 4.69) is 21.2 Å². The number of benzene rings is 1. The zero-order chi connectivity index (χ0) is 16.1. The lowest BCUT2D eigenvalue weighted by Gasteiger charge is -2.35. The highest BCUT2D eigenvalue weighted by Crippen LogP contribution is 2.32. The van der Waals surface area contributed by atoms with E-state index in [0.717, 1.165) is 28.3 Å². The topological polar surface area (TPSA) is 62.6 Å². The van der Waals surface area contributed by atoms with Crippen LogP contribution in [0.5, 0.6) is 0 Å². The summed E-state index contributed by atoms with van der Waals surface area (Å²) in [7, 11) is 0. The van der Waals surface area contributed by atoms with Crippen LogP contribution in [0.1, 0.15) is 29.0 Å². The fraction of sp³-hybridized carbons (Fsp3) is 0.412. The molecule has 0 aliphatic carbocycles. The first kappa shape index (κ1) is 14.8. The third-order valence-corrected chi connectivity index (χ3v) is 5.45. The molecule has 0 bridgehead atoms. The Balaban J connectivity index is 1.71. The molecule has 1 aromatic carbocycles. The quantitative estimate of drug-likeness (QED) is 0.832. The molecule has 4 rings (SSSR count). The predicted octanol–water partition coefficient (Wildman–Crippen LogP) is 2.85. The number of carbonyl (C=O) groups is 2. The average molecular weight is 377 g/mol. The van der Waals surface area contributed by atoms with Crippen LogP contribution in [-0.4, -0.2) is 35.8 Å². The number of hydrogen-bond acceptors (Lipinski definition) is 3.